The molecule has 0 bridgehead atoms. The smallest absolute Gasteiger partial charge is 0.407 e. The van der Waals surface area contributed by atoms with E-state index in [1.54, 1.807) is 12.1 Å². The number of aliphatic carboxylic acids is 1. The second kappa shape index (κ2) is 8.41. The molecule has 0 spiro atoms. The van der Waals surface area contributed by atoms with Gasteiger partial charge in [0.25, 0.3) is 0 Å². The minimum Gasteiger partial charge on any atom is -0.481 e. The molecule has 30 heavy (non-hydrogen) atoms. The van der Waals surface area contributed by atoms with Gasteiger partial charge in [-0.25, -0.2) is 4.79 Å². The molecule has 0 aromatic heterocycles. The van der Waals surface area contributed by atoms with Crippen LogP contribution in [-0.4, -0.2) is 23.8 Å². The number of ether oxygens (including phenoxy) is 1. The molecule has 4 rings (SSSR count). The van der Waals surface area contributed by atoms with Crippen LogP contribution in [0.4, 0.5) is 4.79 Å². The van der Waals surface area contributed by atoms with Crippen LogP contribution in [0.1, 0.15) is 41.1 Å². The highest BCUT2D eigenvalue weighted by Gasteiger charge is 2.29. The molecule has 0 aliphatic heterocycles. The van der Waals surface area contributed by atoms with Gasteiger partial charge in [0.2, 0.25) is 0 Å². The first-order chi connectivity index (χ1) is 14.5. The lowest BCUT2D eigenvalue weighted by atomic mass is 9.98. The molecule has 1 aliphatic carbocycles. The van der Waals surface area contributed by atoms with E-state index in [0.717, 1.165) is 11.1 Å². The van der Waals surface area contributed by atoms with E-state index in [4.69, 9.17) is 9.84 Å². The predicted octanol–water partition coefficient (Wildman–Crippen LogP) is 4.91. The Morgan fingerprint density at radius 1 is 0.933 bits per heavy atom. The van der Waals surface area contributed by atoms with Gasteiger partial charge in [-0.3, -0.25) is 4.79 Å². The molecule has 1 amide bonds. The summed E-state index contributed by atoms with van der Waals surface area (Å²) in [6.45, 7) is 2.14. The molecule has 1 aliphatic rings. The van der Waals surface area contributed by atoms with E-state index in [1.807, 2.05) is 43.3 Å². The van der Waals surface area contributed by atoms with Crippen LogP contribution in [0.5, 0.6) is 0 Å². The van der Waals surface area contributed by atoms with Crippen molar-refractivity contribution in [3.05, 3.63) is 95.1 Å². The van der Waals surface area contributed by atoms with Gasteiger partial charge in [0.05, 0.1) is 12.5 Å². The van der Waals surface area contributed by atoms with Gasteiger partial charge in [0, 0.05) is 5.92 Å². The van der Waals surface area contributed by atoms with E-state index in [1.165, 1.54) is 22.3 Å². The Morgan fingerprint density at radius 3 is 2.07 bits per heavy atom. The molecule has 3 aromatic carbocycles. The van der Waals surface area contributed by atoms with Gasteiger partial charge in [-0.1, -0.05) is 72.8 Å². The fourth-order valence-corrected chi connectivity index (χ4v) is 4.00. The predicted molar refractivity (Wildman–Crippen MR) is 114 cm³/mol. The van der Waals surface area contributed by atoms with Crippen LogP contribution >= 0.6 is 0 Å². The molecule has 0 radical (unpaired) electrons. The highest BCUT2D eigenvalue weighted by Crippen LogP contribution is 2.44. The number of nitrogens with one attached hydrogen (secondary N) is 1. The summed E-state index contributed by atoms with van der Waals surface area (Å²) in [4.78, 5) is 23.2. The lowest BCUT2D eigenvalue weighted by Crippen LogP contribution is -2.28. The number of carbonyl (C=O) groups excluding carboxylic acids is 1. The fraction of sp³-hybridized carbons (Fsp3) is 0.200. The molecule has 0 fully saturated rings. The number of benzene rings is 3. The summed E-state index contributed by atoms with van der Waals surface area (Å²) in [5.74, 6) is -0.846. The highest BCUT2D eigenvalue weighted by molar-refractivity contribution is 5.79. The van der Waals surface area contributed by atoms with Gasteiger partial charge in [-0.05, 0) is 40.3 Å². The highest BCUT2D eigenvalue weighted by atomic mass is 16.5. The van der Waals surface area contributed by atoms with Gasteiger partial charge >= 0.3 is 12.1 Å². The van der Waals surface area contributed by atoms with Crippen molar-refractivity contribution in [2.45, 2.75) is 25.3 Å². The summed E-state index contributed by atoms with van der Waals surface area (Å²) in [6, 6.07) is 23.4. The number of fused-ring (bicyclic) bond motifs is 3. The van der Waals surface area contributed by atoms with Crippen LogP contribution in [0.25, 0.3) is 11.1 Å². The summed E-state index contributed by atoms with van der Waals surface area (Å²) in [5, 5.41) is 11.7. The molecule has 152 valence electrons. The number of carboxylic acid groups (broad SMARTS) is 1. The molecule has 2 N–H and O–H groups in total. The van der Waals surface area contributed by atoms with E-state index in [0.29, 0.717) is 0 Å². The van der Waals surface area contributed by atoms with E-state index >= 15 is 0 Å². The third kappa shape index (κ3) is 4.06. The van der Waals surface area contributed by atoms with Crippen molar-refractivity contribution in [3.63, 3.8) is 0 Å². The standard InChI is InChI=1S/C25H23NO4/c1-16(18-12-10-17(11-13-18)14-24(27)28)26-25(29)30-15-23-21-8-4-2-6-19(21)20-7-3-5-9-22(20)23/h2-13,16,23H,14-15H2,1H3,(H,26,29)(H,27,28). The number of carbonyl (C=O) groups is 2. The zero-order chi connectivity index (χ0) is 21.1. The Kier molecular flexibility index (Phi) is 5.53. The van der Waals surface area contributed by atoms with Crippen molar-refractivity contribution in [2.75, 3.05) is 6.61 Å². The van der Waals surface area contributed by atoms with Crippen molar-refractivity contribution in [3.8, 4) is 11.1 Å². The van der Waals surface area contributed by atoms with Crippen molar-refractivity contribution in [1.29, 1.82) is 0 Å². The molecular weight excluding hydrogens is 378 g/mol. The van der Waals surface area contributed by atoms with E-state index in [9.17, 15) is 9.59 Å². The van der Waals surface area contributed by atoms with Crippen LogP contribution < -0.4 is 5.32 Å². The maximum absolute atomic E-state index is 12.4. The first-order valence-electron chi connectivity index (χ1n) is 9.95. The minimum absolute atomic E-state index is 0.0194. The topological polar surface area (TPSA) is 75.6 Å². The van der Waals surface area contributed by atoms with Gasteiger partial charge in [0.1, 0.15) is 6.61 Å². The van der Waals surface area contributed by atoms with Crippen molar-refractivity contribution >= 4 is 12.1 Å². The average Bonchev–Trinajstić information content (AvgIpc) is 3.06. The Balaban J connectivity index is 1.39. The second-order valence-electron chi connectivity index (χ2n) is 7.50. The lowest BCUT2D eigenvalue weighted by Gasteiger charge is -2.17. The van der Waals surface area contributed by atoms with Crippen molar-refractivity contribution < 1.29 is 19.4 Å². The Hall–Kier alpha value is -3.60. The first-order valence-corrected chi connectivity index (χ1v) is 9.95. The molecule has 0 saturated carbocycles. The Morgan fingerprint density at radius 2 is 1.50 bits per heavy atom. The van der Waals surface area contributed by atoms with Gasteiger partial charge < -0.3 is 15.2 Å². The molecular formula is C25H23NO4. The maximum Gasteiger partial charge on any atom is 0.407 e. The fourth-order valence-electron chi connectivity index (χ4n) is 4.00. The average molecular weight is 401 g/mol. The lowest BCUT2D eigenvalue weighted by molar-refractivity contribution is -0.136. The quantitative estimate of drug-likeness (QED) is 0.615. The second-order valence-corrected chi connectivity index (χ2v) is 7.50. The van der Waals surface area contributed by atoms with Crippen molar-refractivity contribution in [1.82, 2.24) is 5.32 Å². The number of rotatable bonds is 6. The van der Waals surface area contributed by atoms with Crippen LogP contribution in [0, 0.1) is 0 Å². The SMILES string of the molecule is CC(NC(=O)OCC1c2ccccc2-c2ccccc21)c1ccc(CC(=O)O)cc1. The number of hydrogen-bond acceptors (Lipinski definition) is 3. The number of hydrogen-bond donors (Lipinski definition) is 2. The van der Waals surface area contributed by atoms with Crippen LogP contribution in [0.3, 0.4) is 0 Å². The van der Waals surface area contributed by atoms with E-state index in [-0.39, 0.29) is 25.0 Å². The zero-order valence-electron chi connectivity index (χ0n) is 16.7. The summed E-state index contributed by atoms with van der Waals surface area (Å²) in [7, 11) is 0. The molecule has 1 unspecified atom stereocenters. The third-order valence-electron chi connectivity index (χ3n) is 5.51. The molecule has 3 aromatic rings. The van der Waals surface area contributed by atoms with Crippen LogP contribution in [0.15, 0.2) is 72.8 Å². The monoisotopic (exact) mass is 401 g/mol. The van der Waals surface area contributed by atoms with Crippen LogP contribution in [-0.2, 0) is 16.0 Å². The Bertz CT molecular complexity index is 1030. The molecule has 1 atom stereocenters. The summed E-state index contributed by atoms with van der Waals surface area (Å²) in [6.07, 6.45) is -0.493. The van der Waals surface area contributed by atoms with Crippen molar-refractivity contribution in [2.24, 2.45) is 0 Å². The van der Waals surface area contributed by atoms with E-state index in [2.05, 4.69) is 29.6 Å². The minimum atomic E-state index is -0.868. The van der Waals surface area contributed by atoms with Gasteiger partial charge in [-0.15, -0.1) is 0 Å². The van der Waals surface area contributed by atoms with Gasteiger partial charge in [-0.2, -0.15) is 0 Å². The number of amides is 1. The molecule has 5 nitrogen and oxygen atoms in total. The molecule has 5 heteroatoms. The first kappa shape index (κ1) is 19.7. The number of alkyl carbamates (subject to hydrolysis) is 1. The number of carboxylic acids is 1. The maximum atomic E-state index is 12.4. The summed E-state index contributed by atoms with van der Waals surface area (Å²) in [5.41, 5.74) is 6.34. The summed E-state index contributed by atoms with van der Waals surface area (Å²) >= 11 is 0. The summed E-state index contributed by atoms with van der Waals surface area (Å²) < 4.78 is 5.58. The third-order valence-corrected chi connectivity index (χ3v) is 5.51. The normalized spacial score (nSPS) is 13.2. The molecule has 0 heterocycles. The van der Waals surface area contributed by atoms with Crippen LogP contribution in [0.2, 0.25) is 0 Å². The van der Waals surface area contributed by atoms with E-state index < -0.39 is 12.1 Å². The zero-order valence-corrected chi connectivity index (χ0v) is 16.7. The largest absolute Gasteiger partial charge is 0.481 e. The van der Waals surface area contributed by atoms with Gasteiger partial charge in [0.15, 0.2) is 0 Å². The molecule has 0 saturated heterocycles. The Labute approximate surface area is 175 Å².